The first-order valence-corrected chi connectivity index (χ1v) is 7.42. The summed E-state index contributed by atoms with van der Waals surface area (Å²) < 4.78 is 0. The Morgan fingerprint density at radius 2 is 2.00 bits per heavy atom. The minimum absolute atomic E-state index is 0.00559. The number of carboxylic acid groups (broad SMARTS) is 1. The second kappa shape index (κ2) is 5.85. The summed E-state index contributed by atoms with van der Waals surface area (Å²) in [5.41, 5.74) is 1.27. The highest BCUT2D eigenvalue weighted by molar-refractivity contribution is 5.86. The number of aliphatic carboxylic acids is 1. The van der Waals surface area contributed by atoms with Crippen LogP contribution in [0, 0.1) is 5.92 Å². The lowest BCUT2D eigenvalue weighted by molar-refractivity contribution is -0.141. The second-order valence-corrected chi connectivity index (χ2v) is 5.95. The van der Waals surface area contributed by atoms with Crippen molar-refractivity contribution in [1.29, 1.82) is 0 Å². The van der Waals surface area contributed by atoms with Crippen LogP contribution in [0.4, 0.5) is 0 Å². The van der Waals surface area contributed by atoms with Gasteiger partial charge in [-0.1, -0.05) is 30.3 Å². The molecule has 0 aliphatic carbocycles. The average molecular weight is 288 g/mol. The first kappa shape index (κ1) is 14.1. The van der Waals surface area contributed by atoms with Gasteiger partial charge >= 0.3 is 5.97 Å². The maximum absolute atomic E-state index is 12.0. The van der Waals surface area contributed by atoms with E-state index in [4.69, 9.17) is 5.11 Å². The SMILES string of the molecule is O=C(O)[C@@H]1CC(=O)N([C@H]2CCN(Cc3ccccc3)C2)C1. The molecule has 0 bridgehead atoms. The Labute approximate surface area is 124 Å². The lowest BCUT2D eigenvalue weighted by Crippen LogP contribution is -2.39. The number of carbonyl (C=O) groups is 2. The van der Waals surface area contributed by atoms with Crippen molar-refractivity contribution in [2.75, 3.05) is 19.6 Å². The summed E-state index contributed by atoms with van der Waals surface area (Å²) in [4.78, 5) is 27.1. The van der Waals surface area contributed by atoms with E-state index < -0.39 is 11.9 Å². The lowest BCUT2D eigenvalue weighted by Gasteiger charge is -2.24. The first-order valence-electron chi connectivity index (χ1n) is 7.42. The summed E-state index contributed by atoms with van der Waals surface area (Å²) in [6.07, 6.45) is 1.09. The molecule has 0 unspecified atom stereocenters. The predicted octanol–water partition coefficient (Wildman–Crippen LogP) is 1.19. The quantitative estimate of drug-likeness (QED) is 0.904. The van der Waals surface area contributed by atoms with Crippen molar-refractivity contribution in [2.24, 2.45) is 5.92 Å². The Morgan fingerprint density at radius 1 is 1.24 bits per heavy atom. The summed E-state index contributed by atoms with van der Waals surface area (Å²) in [6.45, 7) is 3.06. The van der Waals surface area contributed by atoms with Crippen molar-refractivity contribution in [3.63, 3.8) is 0 Å². The number of amides is 1. The monoisotopic (exact) mass is 288 g/mol. The molecule has 2 aliphatic rings. The molecule has 2 fully saturated rings. The fraction of sp³-hybridized carbons (Fsp3) is 0.500. The fourth-order valence-corrected chi connectivity index (χ4v) is 3.30. The second-order valence-electron chi connectivity index (χ2n) is 5.95. The van der Waals surface area contributed by atoms with Crippen LogP contribution < -0.4 is 0 Å². The van der Waals surface area contributed by atoms with Gasteiger partial charge in [0.15, 0.2) is 0 Å². The zero-order valence-corrected chi connectivity index (χ0v) is 11.9. The summed E-state index contributed by atoms with van der Waals surface area (Å²) in [5.74, 6) is -1.39. The van der Waals surface area contributed by atoms with Crippen LogP contribution in [-0.2, 0) is 16.1 Å². The smallest absolute Gasteiger partial charge is 0.308 e. The van der Waals surface area contributed by atoms with E-state index in [0.29, 0.717) is 6.54 Å². The molecule has 21 heavy (non-hydrogen) atoms. The van der Waals surface area contributed by atoms with E-state index in [0.717, 1.165) is 26.1 Å². The van der Waals surface area contributed by atoms with E-state index in [9.17, 15) is 9.59 Å². The molecule has 2 aliphatic heterocycles. The van der Waals surface area contributed by atoms with Crippen LogP contribution in [0.15, 0.2) is 30.3 Å². The van der Waals surface area contributed by atoms with Crippen LogP contribution in [0.1, 0.15) is 18.4 Å². The van der Waals surface area contributed by atoms with Gasteiger partial charge < -0.3 is 10.0 Å². The van der Waals surface area contributed by atoms with E-state index in [-0.39, 0.29) is 18.4 Å². The highest BCUT2D eigenvalue weighted by Crippen LogP contribution is 2.25. The predicted molar refractivity (Wildman–Crippen MR) is 77.6 cm³/mol. The molecule has 3 rings (SSSR count). The fourth-order valence-electron chi connectivity index (χ4n) is 3.30. The molecule has 0 radical (unpaired) electrons. The number of hydrogen-bond acceptors (Lipinski definition) is 3. The molecule has 1 N–H and O–H groups in total. The number of carbonyl (C=O) groups excluding carboxylic acids is 1. The van der Waals surface area contributed by atoms with Gasteiger partial charge in [0.2, 0.25) is 5.91 Å². The first-order chi connectivity index (χ1) is 10.1. The normalized spacial score (nSPS) is 26.5. The number of carboxylic acids is 1. The number of rotatable bonds is 4. The molecule has 0 spiro atoms. The maximum Gasteiger partial charge on any atom is 0.308 e. The summed E-state index contributed by atoms with van der Waals surface area (Å²) in [5, 5.41) is 9.05. The third-order valence-electron chi connectivity index (χ3n) is 4.44. The molecule has 5 nitrogen and oxygen atoms in total. The third-order valence-corrected chi connectivity index (χ3v) is 4.44. The van der Waals surface area contributed by atoms with Gasteiger partial charge in [0.25, 0.3) is 0 Å². The van der Waals surface area contributed by atoms with Crippen LogP contribution in [0.3, 0.4) is 0 Å². The zero-order chi connectivity index (χ0) is 14.8. The van der Waals surface area contributed by atoms with Crippen LogP contribution in [0.25, 0.3) is 0 Å². The average Bonchev–Trinajstić information content (AvgIpc) is 3.06. The topological polar surface area (TPSA) is 60.9 Å². The van der Waals surface area contributed by atoms with E-state index in [1.165, 1.54) is 5.56 Å². The van der Waals surface area contributed by atoms with Crippen molar-refractivity contribution in [1.82, 2.24) is 9.80 Å². The van der Waals surface area contributed by atoms with Crippen LogP contribution in [-0.4, -0.2) is 52.5 Å². The molecule has 0 aromatic heterocycles. The number of hydrogen-bond donors (Lipinski definition) is 1. The van der Waals surface area contributed by atoms with Crippen molar-refractivity contribution < 1.29 is 14.7 Å². The van der Waals surface area contributed by atoms with Crippen molar-refractivity contribution in [2.45, 2.75) is 25.4 Å². The van der Waals surface area contributed by atoms with Gasteiger partial charge in [-0.2, -0.15) is 0 Å². The molecule has 2 saturated heterocycles. The van der Waals surface area contributed by atoms with E-state index in [1.54, 1.807) is 4.90 Å². The summed E-state index contributed by atoms with van der Waals surface area (Å²) in [7, 11) is 0. The summed E-state index contributed by atoms with van der Waals surface area (Å²) in [6, 6.07) is 10.5. The standard InChI is InChI=1S/C16H20N2O3/c19-15-8-13(16(20)21)10-18(15)14-6-7-17(11-14)9-12-4-2-1-3-5-12/h1-5,13-14H,6-11H2,(H,20,21)/t13-,14+/m1/s1. The Kier molecular flexibility index (Phi) is 3.92. The minimum atomic E-state index is -0.856. The minimum Gasteiger partial charge on any atom is -0.481 e. The van der Waals surface area contributed by atoms with Gasteiger partial charge in [0, 0.05) is 38.6 Å². The maximum atomic E-state index is 12.0. The van der Waals surface area contributed by atoms with E-state index >= 15 is 0 Å². The van der Waals surface area contributed by atoms with Gasteiger partial charge in [0.1, 0.15) is 0 Å². The lowest BCUT2D eigenvalue weighted by atomic mass is 10.1. The van der Waals surface area contributed by atoms with Crippen LogP contribution in [0.2, 0.25) is 0 Å². The van der Waals surface area contributed by atoms with Crippen LogP contribution in [0.5, 0.6) is 0 Å². The highest BCUT2D eigenvalue weighted by atomic mass is 16.4. The van der Waals surface area contributed by atoms with Crippen molar-refractivity contribution in [3.8, 4) is 0 Å². The van der Waals surface area contributed by atoms with Gasteiger partial charge in [-0.05, 0) is 12.0 Å². The van der Waals surface area contributed by atoms with Gasteiger partial charge in [0.05, 0.1) is 5.92 Å². The summed E-state index contributed by atoms with van der Waals surface area (Å²) >= 11 is 0. The van der Waals surface area contributed by atoms with Gasteiger partial charge in [-0.3, -0.25) is 14.5 Å². The van der Waals surface area contributed by atoms with Crippen LogP contribution >= 0.6 is 0 Å². The third kappa shape index (κ3) is 3.08. The largest absolute Gasteiger partial charge is 0.481 e. The molecule has 1 aromatic carbocycles. The molecule has 2 heterocycles. The van der Waals surface area contributed by atoms with Crippen molar-refractivity contribution in [3.05, 3.63) is 35.9 Å². The molecule has 1 aromatic rings. The molecule has 0 saturated carbocycles. The Morgan fingerprint density at radius 3 is 2.67 bits per heavy atom. The molecule has 112 valence electrons. The molecular formula is C16H20N2O3. The molecule has 1 amide bonds. The molecular weight excluding hydrogens is 268 g/mol. The van der Waals surface area contributed by atoms with E-state index in [2.05, 4.69) is 17.0 Å². The molecule has 5 heteroatoms. The van der Waals surface area contributed by atoms with E-state index in [1.807, 2.05) is 18.2 Å². The van der Waals surface area contributed by atoms with Crippen molar-refractivity contribution >= 4 is 11.9 Å². The Balaban J connectivity index is 1.57. The Bertz CT molecular complexity index is 532. The number of benzene rings is 1. The zero-order valence-electron chi connectivity index (χ0n) is 11.9. The number of nitrogens with zero attached hydrogens (tertiary/aromatic N) is 2. The molecule has 2 atom stereocenters. The van der Waals surface area contributed by atoms with Gasteiger partial charge in [-0.15, -0.1) is 0 Å². The number of likely N-dealkylation sites (tertiary alicyclic amines) is 2. The van der Waals surface area contributed by atoms with Gasteiger partial charge in [-0.25, -0.2) is 0 Å². The Hall–Kier alpha value is -1.88. The highest BCUT2D eigenvalue weighted by Gasteiger charge is 2.39.